The van der Waals surface area contributed by atoms with Crippen molar-refractivity contribution in [3.63, 3.8) is 0 Å². The molecule has 0 atom stereocenters. The molecule has 0 bridgehead atoms. The van der Waals surface area contributed by atoms with Crippen molar-refractivity contribution >= 4 is 44.0 Å². The highest BCUT2D eigenvalue weighted by Gasteiger charge is 2.19. The highest BCUT2D eigenvalue weighted by atomic mass is 32.2. The maximum Gasteiger partial charge on any atom is 0.251 e. The number of rotatable bonds is 6. The molecule has 1 aromatic carbocycles. The van der Waals surface area contributed by atoms with Crippen LogP contribution in [0.4, 0.5) is 17.3 Å². The van der Waals surface area contributed by atoms with E-state index in [4.69, 9.17) is 10.7 Å². The van der Waals surface area contributed by atoms with Crippen molar-refractivity contribution in [3.8, 4) is 0 Å². The minimum absolute atomic E-state index is 0.150. The first kappa shape index (κ1) is 25.4. The van der Waals surface area contributed by atoms with Gasteiger partial charge in [0, 0.05) is 49.6 Å². The summed E-state index contributed by atoms with van der Waals surface area (Å²) in [6.45, 7) is 5.23. The summed E-state index contributed by atoms with van der Waals surface area (Å²) in [7, 11) is -3.43. The van der Waals surface area contributed by atoms with Crippen LogP contribution in [0.3, 0.4) is 0 Å². The molecule has 1 aliphatic rings. The lowest BCUT2D eigenvalue weighted by Crippen LogP contribution is -2.46. The molecular weight excluding hydrogens is 502 g/mol. The van der Waals surface area contributed by atoms with E-state index >= 15 is 0 Å². The molecule has 38 heavy (non-hydrogen) atoms. The van der Waals surface area contributed by atoms with E-state index < -0.39 is 9.84 Å². The van der Waals surface area contributed by atoms with Gasteiger partial charge in [-0.05, 0) is 55.0 Å². The Kier molecular flexibility index (Phi) is 6.85. The van der Waals surface area contributed by atoms with Gasteiger partial charge in [0.2, 0.25) is 0 Å². The number of nitrogens with one attached hydrogen (secondary N) is 1. The number of carbonyl (C=O) groups is 1. The molecule has 4 aromatic rings. The Labute approximate surface area is 221 Å². The molecule has 1 amide bonds. The molecule has 3 aromatic heterocycles. The maximum absolute atomic E-state index is 12.7. The second-order valence-corrected chi connectivity index (χ2v) is 11.4. The van der Waals surface area contributed by atoms with Gasteiger partial charge in [0.05, 0.1) is 34.5 Å². The predicted molar refractivity (Wildman–Crippen MR) is 148 cm³/mol. The smallest absolute Gasteiger partial charge is 0.251 e. The van der Waals surface area contributed by atoms with Crippen LogP contribution in [0.15, 0.2) is 65.8 Å². The Hall–Kier alpha value is -4.25. The molecule has 1 fully saturated rings. The number of piperazine rings is 1. The standard InChI is InChI=1S/C27H29N7O3S/c1-18-3-4-19(13-24(18)38(2,36)37)27(35)31-16-21-14-23-20(15-29-21)5-8-26(32-23)34-11-9-33(10-12-34)22-6-7-25(28)30-17-22/h3-8,13-15,17H,9-12,16H2,1-2H3,(H2,28,30)(H,31,35). The minimum Gasteiger partial charge on any atom is -0.384 e. The monoisotopic (exact) mass is 531 g/mol. The number of pyridine rings is 3. The highest BCUT2D eigenvalue weighted by molar-refractivity contribution is 7.90. The van der Waals surface area contributed by atoms with Crippen LogP contribution in [0.1, 0.15) is 21.6 Å². The summed E-state index contributed by atoms with van der Waals surface area (Å²) in [5.41, 5.74) is 9.10. The summed E-state index contributed by atoms with van der Waals surface area (Å²) in [4.78, 5) is 30.9. The Morgan fingerprint density at radius 2 is 1.74 bits per heavy atom. The van der Waals surface area contributed by atoms with E-state index in [1.165, 1.54) is 6.07 Å². The molecular formula is C27H29N7O3S. The van der Waals surface area contributed by atoms with E-state index in [-0.39, 0.29) is 22.9 Å². The van der Waals surface area contributed by atoms with Gasteiger partial charge < -0.3 is 20.9 Å². The van der Waals surface area contributed by atoms with Crippen molar-refractivity contribution in [3.05, 3.63) is 77.7 Å². The maximum atomic E-state index is 12.7. The highest BCUT2D eigenvalue weighted by Crippen LogP contribution is 2.22. The molecule has 1 saturated heterocycles. The molecule has 3 N–H and O–H groups in total. The predicted octanol–water partition coefficient (Wildman–Crippen LogP) is 2.58. The number of carbonyl (C=O) groups excluding carboxylic acids is 1. The van der Waals surface area contributed by atoms with Crippen LogP contribution in [-0.4, -0.2) is 61.7 Å². The number of hydrogen-bond donors (Lipinski definition) is 2. The first-order valence-corrected chi connectivity index (χ1v) is 14.1. The number of anilines is 3. The number of benzene rings is 1. The minimum atomic E-state index is -3.43. The van der Waals surface area contributed by atoms with Crippen LogP contribution in [0.25, 0.3) is 10.9 Å². The Morgan fingerprint density at radius 1 is 0.974 bits per heavy atom. The van der Waals surface area contributed by atoms with E-state index in [0.717, 1.165) is 54.8 Å². The van der Waals surface area contributed by atoms with E-state index in [1.807, 2.05) is 30.3 Å². The number of nitrogens with two attached hydrogens (primary N) is 1. The molecule has 4 heterocycles. The molecule has 11 heteroatoms. The molecule has 196 valence electrons. The molecule has 0 aliphatic carbocycles. The Morgan fingerprint density at radius 3 is 2.45 bits per heavy atom. The zero-order chi connectivity index (χ0) is 26.9. The first-order valence-electron chi connectivity index (χ1n) is 12.2. The number of nitrogens with zero attached hydrogens (tertiary/aromatic N) is 5. The second kappa shape index (κ2) is 10.3. The van der Waals surface area contributed by atoms with Crippen LogP contribution in [-0.2, 0) is 16.4 Å². The lowest BCUT2D eigenvalue weighted by Gasteiger charge is -2.36. The van der Waals surface area contributed by atoms with Crippen molar-refractivity contribution in [2.45, 2.75) is 18.4 Å². The van der Waals surface area contributed by atoms with Gasteiger partial charge in [0.25, 0.3) is 5.91 Å². The van der Waals surface area contributed by atoms with Crippen LogP contribution in [0.5, 0.6) is 0 Å². The second-order valence-electron chi connectivity index (χ2n) is 9.39. The molecule has 1 aliphatic heterocycles. The number of nitrogen functional groups attached to an aromatic ring is 1. The van der Waals surface area contributed by atoms with Gasteiger partial charge >= 0.3 is 0 Å². The molecule has 10 nitrogen and oxygen atoms in total. The summed E-state index contributed by atoms with van der Waals surface area (Å²) >= 11 is 0. The zero-order valence-electron chi connectivity index (χ0n) is 21.3. The van der Waals surface area contributed by atoms with Crippen molar-refractivity contribution in [1.82, 2.24) is 20.3 Å². The number of aromatic nitrogens is 3. The Bertz CT molecular complexity index is 1600. The normalized spacial score (nSPS) is 14.1. The summed E-state index contributed by atoms with van der Waals surface area (Å²) in [6.07, 6.45) is 4.68. The van der Waals surface area contributed by atoms with Gasteiger partial charge in [-0.2, -0.15) is 0 Å². The van der Waals surface area contributed by atoms with Crippen molar-refractivity contribution in [2.24, 2.45) is 0 Å². The molecule has 0 saturated carbocycles. The van der Waals surface area contributed by atoms with Crippen LogP contribution < -0.4 is 20.9 Å². The summed E-state index contributed by atoms with van der Waals surface area (Å²) < 4.78 is 24.0. The number of hydrogen-bond acceptors (Lipinski definition) is 9. The van der Waals surface area contributed by atoms with Gasteiger partial charge in [0.15, 0.2) is 9.84 Å². The van der Waals surface area contributed by atoms with Gasteiger partial charge in [-0.3, -0.25) is 9.78 Å². The van der Waals surface area contributed by atoms with E-state index in [2.05, 4.69) is 25.1 Å². The van der Waals surface area contributed by atoms with Crippen LogP contribution in [0.2, 0.25) is 0 Å². The van der Waals surface area contributed by atoms with Crippen LogP contribution >= 0.6 is 0 Å². The fourth-order valence-corrected chi connectivity index (χ4v) is 5.51. The van der Waals surface area contributed by atoms with Crippen LogP contribution in [0, 0.1) is 6.92 Å². The average Bonchev–Trinajstić information content (AvgIpc) is 2.91. The van der Waals surface area contributed by atoms with Crippen molar-refractivity contribution in [2.75, 3.05) is 48.0 Å². The lowest BCUT2D eigenvalue weighted by molar-refractivity contribution is 0.0950. The quantitative estimate of drug-likeness (QED) is 0.385. The van der Waals surface area contributed by atoms with Crippen molar-refractivity contribution < 1.29 is 13.2 Å². The zero-order valence-corrected chi connectivity index (χ0v) is 22.1. The Balaban J connectivity index is 1.25. The van der Waals surface area contributed by atoms with Gasteiger partial charge in [-0.15, -0.1) is 0 Å². The third-order valence-electron chi connectivity index (χ3n) is 6.63. The molecule has 0 radical (unpaired) electrons. The van der Waals surface area contributed by atoms with Gasteiger partial charge in [-0.25, -0.2) is 18.4 Å². The fourth-order valence-electron chi connectivity index (χ4n) is 4.51. The van der Waals surface area contributed by atoms with Gasteiger partial charge in [0.1, 0.15) is 11.6 Å². The number of fused-ring (bicyclic) bond motifs is 1. The van der Waals surface area contributed by atoms with E-state index in [1.54, 1.807) is 31.5 Å². The summed E-state index contributed by atoms with van der Waals surface area (Å²) in [6, 6.07) is 14.3. The topological polar surface area (TPSA) is 134 Å². The first-order chi connectivity index (χ1) is 18.2. The van der Waals surface area contributed by atoms with E-state index in [9.17, 15) is 13.2 Å². The average molecular weight is 532 g/mol. The number of sulfone groups is 1. The number of amides is 1. The summed E-state index contributed by atoms with van der Waals surface area (Å²) in [5, 5.41) is 3.74. The molecule has 0 spiro atoms. The summed E-state index contributed by atoms with van der Waals surface area (Å²) in [5.74, 6) is 1.03. The third-order valence-corrected chi connectivity index (χ3v) is 7.87. The van der Waals surface area contributed by atoms with Gasteiger partial charge in [-0.1, -0.05) is 6.07 Å². The largest absolute Gasteiger partial charge is 0.384 e. The molecule has 5 rings (SSSR count). The molecule has 0 unspecified atom stereocenters. The third kappa shape index (κ3) is 5.52. The van der Waals surface area contributed by atoms with Crippen molar-refractivity contribution in [1.29, 1.82) is 0 Å². The SMILES string of the molecule is Cc1ccc(C(=O)NCc2cc3nc(N4CCN(c5ccc(N)nc5)CC4)ccc3cn2)cc1S(C)(=O)=O. The lowest BCUT2D eigenvalue weighted by atomic mass is 10.1. The number of aryl methyl sites for hydroxylation is 1. The fraction of sp³-hybridized carbons (Fsp3) is 0.259. The van der Waals surface area contributed by atoms with E-state index in [0.29, 0.717) is 17.1 Å².